The highest BCUT2D eigenvalue weighted by atomic mass is 32.2. The maximum Gasteiger partial charge on any atom is 0.389 e. The van der Waals surface area contributed by atoms with E-state index in [4.69, 9.17) is 0 Å². The average molecular weight is 541 g/mol. The minimum atomic E-state index is -4.28. The minimum Gasteiger partial charge on any atom is -0.385 e. The number of halogens is 4. The number of alkyl halides is 4. The Balaban J connectivity index is 1.58. The highest BCUT2D eigenvalue weighted by Gasteiger charge is 2.38. The van der Waals surface area contributed by atoms with E-state index in [1.807, 2.05) is 0 Å². The van der Waals surface area contributed by atoms with Crippen LogP contribution < -0.4 is 0 Å². The summed E-state index contributed by atoms with van der Waals surface area (Å²) in [5, 5.41) is 14.8. The van der Waals surface area contributed by atoms with Crippen molar-refractivity contribution >= 4 is 32.1 Å². The summed E-state index contributed by atoms with van der Waals surface area (Å²) in [6.07, 6.45) is -5.31. The van der Waals surface area contributed by atoms with E-state index in [2.05, 4.69) is 15.1 Å². The smallest absolute Gasteiger partial charge is 0.385 e. The molecule has 1 aromatic carbocycles. The number of benzene rings is 1. The molecule has 0 saturated carbocycles. The van der Waals surface area contributed by atoms with E-state index in [1.54, 1.807) is 23.1 Å². The summed E-state index contributed by atoms with van der Waals surface area (Å²) in [5.41, 5.74) is 0.660. The van der Waals surface area contributed by atoms with Gasteiger partial charge in [-0.1, -0.05) is 18.2 Å². The second-order valence-electron chi connectivity index (χ2n) is 9.11. The summed E-state index contributed by atoms with van der Waals surface area (Å²) in [4.78, 5) is 10.3. The van der Waals surface area contributed by atoms with Gasteiger partial charge in [-0.05, 0) is 32.0 Å². The molecule has 9 nitrogen and oxygen atoms in total. The van der Waals surface area contributed by atoms with Crippen molar-refractivity contribution in [2.45, 2.75) is 49.2 Å². The molecular formula is C23H24F4N6O3S. The van der Waals surface area contributed by atoms with E-state index < -0.39 is 40.9 Å². The molecule has 4 heterocycles. The SMILES string of the molecule is C[C@@H](O)c1nc2cnc3c(cnn3S(=O)(=O)c3ccccc3)c2n1[C@@H]1CN(CCCC(F)(F)F)CC1F. The summed E-state index contributed by atoms with van der Waals surface area (Å²) >= 11 is 0. The van der Waals surface area contributed by atoms with Gasteiger partial charge in [0.1, 0.15) is 23.6 Å². The first kappa shape index (κ1) is 25.5. The van der Waals surface area contributed by atoms with Crippen molar-refractivity contribution in [1.29, 1.82) is 0 Å². The number of aliphatic hydroxyl groups is 1. The number of pyridine rings is 1. The molecule has 1 unspecified atom stereocenters. The summed E-state index contributed by atoms with van der Waals surface area (Å²) < 4.78 is 81.8. The van der Waals surface area contributed by atoms with Gasteiger partial charge in [0.2, 0.25) is 0 Å². The number of hydrogen-bond acceptors (Lipinski definition) is 7. The van der Waals surface area contributed by atoms with Crippen molar-refractivity contribution in [2.75, 3.05) is 19.6 Å². The fraction of sp³-hybridized carbons (Fsp3) is 0.435. The van der Waals surface area contributed by atoms with Crippen molar-refractivity contribution in [3.8, 4) is 0 Å². The minimum absolute atomic E-state index is 0.00471. The number of aliphatic hydroxyl groups excluding tert-OH is 1. The Morgan fingerprint density at radius 2 is 1.89 bits per heavy atom. The van der Waals surface area contributed by atoms with Gasteiger partial charge >= 0.3 is 6.18 Å². The van der Waals surface area contributed by atoms with Crippen LogP contribution >= 0.6 is 0 Å². The van der Waals surface area contributed by atoms with Crippen LogP contribution in [0.2, 0.25) is 0 Å². The summed E-state index contributed by atoms with van der Waals surface area (Å²) in [7, 11) is -4.08. The molecule has 14 heteroatoms. The highest BCUT2D eigenvalue weighted by molar-refractivity contribution is 7.90. The van der Waals surface area contributed by atoms with Gasteiger partial charge in [0.25, 0.3) is 10.0 Å². The van der Waals surface area contributed by atoms with E-state index in [0.29, 0.717) is 16.4 Å². The van der Waals surface area contributed by atoms with Gasteiger partial charge in [0, 0.05) is 19.5 Å². The van der Waals surface area contributed by atoms with E-state index in [9.17, 15) is 26.7 Å². The molecule has 5 rings (SSSR count). The van der Waals surface area contributed by atoms with Crippen LogP contribution in [0.4, 0.5) is 17.6 Å². The predicted octanol–water partition coefficient (Wildman–Crippen LogP) is 3.61. The van der Waals surface area contributed by atoms with Crippen LogP contribution in [0.1, 0.15) is 37.7 Å². The molecule has 0 aliphatic carbocycles. The van der Waals surface area contributed by atoms with Gasteiger partial charge in [-0.2, -0.15) is 26.7 Å². The van der Waals surface area contributed by atoms with Gasteiger partial charge in [-0.25, -0.2) is 14.4 Å². The number of hydrogen-bond donors (Lipinski definition) is 1. The molecule has 1 fully saturated rings. The van der Waals surface area contributed by atoms with Crippen molar-refractivity contribution < 1.29 is 31.1 Å². The average Bonchev–Trinajstić information content (AvgIpc) is 3.53. The van der Waals surface area contributed by atoms with Crippen LogP contribution in [-0.4, -0.2) is 74.1 Å². The first-order valence-corrected chi connectivity index (χ1v) is 13.1. The summed E-state index contributed by atoms with van der Waals surface area (Å²) in [6, 6.07) is 6.83. The lowest BCUT2D eigenvalue weighted by Crippen LogP contribution is -2.24. The lowest BCUT2D eigenvalue weighted by molar-refractivity contribution is -0.136. The van der Waals surface area contributed by atoms with Crippen molar-refractivity contribution in [2.24, 2.45) is 0 Å². The normalized spacial score (nSPS) is 20.3. The molecule has 0 spiro atoms. The van der Waals surface area contributed by atoms with Gasteiger partial charge in [0.05, 0.1) is 34.2 Å². The zero-order chi connectivity index (χ0) is 26.5. The Labute approximate surface area is 209 Å². The first-order chi connectivity index (χ1) is 17.5. The van der Waals surface area contributed by atoms with E-state index in [-0.39, 0.29) is 42.4 Å². The molecule has 1 aliphatic heterocycles. The molecule has 1 saturated heterocycles. The van der Waals surface area contributed by atoms with E-state index in [1.165, 1.54) is 36.0 Å². The zero-order valence-corrected chi connectivity index (χ0v) is 20.5. The Bertz CT molecular complexity index is 1530. The number of likely N-dealkylation sites (tertiary alicyclic amines) is 1. The first-order valence-electron chi connectivity index (χ1n) is 11.6. The molecule has 0 amide bonds. The third-order valence-electron chi connectivity index (χ3n) is 6.45. The van der Waals surface area contributed by atoms with Crippen LogP contribution in [0.3, 0.4) is 0 Å². The number of nitrogens with zero attached hydrogens (tertiary/aromatic N) is 6. The zero-order valence-electron chi connectivity index (χ0n) is 19.7. The van der Waals surface area contributed by atoms with Crippen LogP contribution in [0.25, 0.3) is 22.1 Å². The molecule has 1 N–H and O–H groups in total. The molecule has 37 heavy (non-hydrogen) atoms. The predicted molar refractivity (Wildman–Crippen MR) is 126 cm³/mol. The Hall–Kier alpha value is -3.10. The van der Waals surface area contributed by atoms with Crippen LogP contribution in [0, 0.1) is 0 Å². The molecule has 0 radical (unpaired) electrons. The fourth-order valence-corrected chi connectivity index (χ4v) is 6.05. The van der Waals surface area contributed by atoms with Gasteiger partial charge in [-0.3, -0.25) is 4.90 Å². The number of rotatable bonds is 7. The molecule has 4 aromatic rings. The van der Waals surface area contributed by atoms with Crippen molar-refractivity contribution in [3.63, 3.8) is 0 Å². The van der Waals surface area contributed by atoms with Gasteiger partial charge < -0.3 is 9.67 Å². The number of imidazole rings is 1. The lowest BCUT2D eigenvalue weighted by atomic mass is 10.2. The monoisotopic (exact) mass is 540 g/mol. The Kier molecular flexibility index (Phi) is 6.44. The molecule has 3 atom stereocenters. The van der Waals surface area contributed by atoms with Crippen molar-refractivity contribution in [1.82, 2.24) is 28.6 Å². The Morgan fingerprint density at radius 3 is 2.57 bits per heavy atom. The third-order valence-corrected chi connectivity index (χ3v) is 8.04. The second kappa shape index (κ2) is 9.33. The van der Waals surface area contributed by atoms with E-state index in [0.717, 1.165) is 4.09 Å². The third kappa shape index (κ3) is 4.68. The van der Waals surface area contributed by atoms with Crippen LogP contribution in [-0.2, 0) is 10.0 Å². The topological polar surface area (TPSA) is 106 Å². The number of aromatic nitrogens is 5. The summed E-state index contributed by atoms with van der Waals surface area (Å²) in [6.45, 7) is 1.56. The maximum atomic E-state index is 15.3. The second-order valence-corrected chi connectivity index (χ2v) is 10.9. The molecule has 198 valence electrons. The highest BCUT2D eigenvalue weighted by Crippen LogP contribution is 2.36. The largest absolute Gasteiger partial charge is 0.389 e. The number of fused-ring (bicyclic) bond motifs is 3. The quantitative estimate of drug-likeness (QED) is 0.357. The maximum absolute atomic E-state index is 15.3. The standard InChI is InChI=1S/C23H24F4N6O3S/c1-14(34)21-30-18-11-28-22-16(10-29-33(22)37(35,36)15-6-3-2-4-7-15)20(18)32(21)19-13-31(12-17(19)24)9-5-8-23(25,26)27/h2-4,6-7,10-11,14,17,19,34H,5,8-9,12-13H2,1H3/t14-,17?,19-/m1/s1. The van der Waals surface area contributed by atoms with Gasteiger partial charge in [-0.15, -0.1) is 4.09 Å². The fourth-order valence-electron chi connectivity index (χ4n) is 4.81. The lowest BCUT2D eigenvalue weighted by Gasteiger charge is -2.20. The summed E-state index contributed by atoms with van der Waals surface area (Å²) in [5.74, 6) is 0.146. The van der Waals surface area contributed by atoms with Gasteiger partial charge in [0.15, 0.2) is 5.65 Å². The Morgan fingerprint density at radius 1 is 1.16 bits per heavy atom. The molecule has 1 aliphatic rings. The molecule has 3 aromatic heterocycles. The van der Waals surface area contributed by atoms with Crippen molar-refractivity contribution in [3.05, 3.63) is 48.5 Å². The molecule has 0 bridgehead atoms. The van der Waals surface area contributed by atoms with Crippen LogP contribution in [0.15, 0.2) is 47.6 Å². The molecular weight excluding hydrogens is 516 g/mol. The van der Waals surface area contributed by atoms with E-state index >= 15 is 4.39 Å². The van der Waals surface area contributed by atoms with Crippen LogP contribution in [0.5, 0.6) is 0 Å².